The first-order chi connectivity index (χ1) is 7.00. The maximum absolute atomic E-state index is 11.3. The van der Waals surface area contributed by atoms with Crippen LogP contribution in [-0.2, 0) is 4.79 Å². The number of carboxylic acids is 1. The first kappa shape index (κ1) is 10.8. The van der Waals surface area contributed by atoms with Gasteiger partial charge in [0.05, 0.1) is 5.56 Å². The molecule has 0 saturated heterocycles. The molecule has 4 N–H and O–H groups in total. The highest BCUT2D eigenvalue weighted by atomic mass is 16.4. The van der Waals surface area contributed by atoms with Gasteiger partial charge in [0.15, 0.2) is 0 Å². The first-order valence-electron chi connectivity index (χ1n) is 4.02. The van der Waals surface area contributed by atoms with Crippen LogP contribution >= 0.6 is 0 Å². The number of benzene rings is 1. The Labute approximate surface area is 84.8 Å². The van der Waals surface area contributed by atoms with Gasteiger partial charge in [-0.25, -0.2) is 0 Å². The third-order valence-corrected chi connectivity index (χ3v) is 1.63. The minimum atomic E-state index is -1.18. The van der Waals surface area contributed by atoms with Gasteiger partial charge in [0.2, 0.25) is 0 Å². The van der Waals surface area contributed by atoms with Crippen molar-refractivity contribution in [2.45, 2.75) is 0 Å². The third-order valence-electron chi connectivity index (χ3n) is 1.63. The second-order valence-electron chi connectivity index (χ2n) is 2.78. The molecule has 0 aliphatic heterocycles. The molecule has 0 saturated carbocycles. The Balaban J connectivity index is 2.78. The molecule has 1 amide bonds. The summed E-state index contributed by atoms with van der Waals surface area (Å²) in [6, 6.07) is 3.41. The van der Waals surface area contributed by atoms with E-state index in [4.69, 9.17) is 10.2 Å². The molecule has 0 spiro atoms. The van der Waals surface area contributed by atoms with E-state index >= 15 is 0 Å². The highest BCUT2D eigenvalue weighted by Crippen LogP contribution is 2.22. The molecule has 0 atom stereocenters. The van der Waals surface area contributed by atoms with Crippen molar-refractivity contribution < 1.29 is 24.9 Å². The van der Waals surface area contributed by atoms with E-state index in [9.17, 15) is 14.7 Å². The lowest BCUT2D eigenvalue weighted by atomic mass is 10.2. The summed E-state index contributed by atoms with van der Waals surface area (Å²) in [6.45, 7) is -0.529. The molecular weight excluding hydrogens is 202 g/mol. The van der Waals surface area contributed by atoms with Crippen molar-refractivity contribution in [3.05, 3.63) is 23.8 Å². The van der Waals surface area contributed by atoms with Crippen LogP contribution in [0.2, 0.25) is 0 Å². The lowest BCUT2D eigenvalue weighted by Gasteiger charge is -2.04. The van der Waals surface area contributed by atoms with Gasteiger partial charge in [-0.2, -0.15) is 0 Å². The van der Waals surface area contributed by atoms with Gasteiger partial charge >= 0.3 is 5.97 Å². The monoisotopic (exact) mass is 211 g/mol. The van der Waals surface area contributed by atoms with Crippen molar-refractivity contribution in [3.63, 3.8) is 0 Å². The zero-order chi connectivity index (χ0) is 11.4. The summed E-state index contributed by atoms with van der Waals surface area (Å²) in [7, 11) is 0. The molecule has 15 heavy (non-hydrogen) atoms. The van der Waals surface area contributed by atoms with E-state index < -0.39 is 24.2 Å². The molecule has 0 fully saturated rings. The molecule has 1 rings (SSSR count). The molecule has 6 nitrogen and oxygen atoms in total. The SMILES string of the molecule is O=C(O)CNC(=O)c1ccc(O)cc1O. The second-order valence-corrected chi connectivity index (χ2v) is 2.78. The van der Waals surface area contributed by atoms with E-state index in [1.807, 2.05) is 0 Å². The van der Waals surface area contributed by atoms with Crippen molar-refractivity contribution in [3.8, 4) is 11.5 Å². The number of carbonyl (C=O) groups excluding carboxylic acids is 1. The number of aliphatic carboxylic acids is 1. The summed E-state index contributed by atoms with van der Waals surface area (Å²) >= 11 is 0. The Morgan fingerprint density at radius 1 is 1.27 bits per heavy atom. The van der Waals surface area contributed by atoms with Crippen LogP contribution in [0, 0.1) is 0 Å². The minimum absolute atomic E-state index is 0.0888. The van der Waals surface area contributed by atoms with Gasteiger partial charge in [-0.15, -0.1) is 0 Å². The smallest absolute Gasteiger partial charge is 0.322 e. The van der Waals surface area contributed by atoms with Gasteiger partial charge in [0.25, 0.3) is 5.91 Å². The highest BCUT2D eigenvalue weighted by Gasteiger charge is 2.11. The molecule has 0 heterocycles. The van der Waals surface area contributed by atoms with Gasteiger partial charge in [-0.3, -0.25) is 9.59 Å². The number of rotatable bonds is 3. The fourth-order valence-corrected chi connectivity index (χ4v) is 0.963. The second kappa shape index (κ2) is 4.32. The average Bonchev–Trinajstić information content (AvgIpc) is 2.14. The van der Waals surface area contributed by atoms with E-state index in [0.717, 1.165) is 6.07 Å². The molecule has 80 valence electrons. The Bertz CT molecular complexity index is 401. The molecule has 0 bridgehead atoms. The number of phenolic OH excluding ortho intramolecular Hbond substituents is 2. The van der Waals surface area contributed by atoms with E-state index in [1.165, 1.54) is 12.1 Å². The zero-order valence-corrected chi connectivity index (χ0v) is 7.60. The van der Waals surface area contributed by atoms with Gasteiger partial charge < -0.3 is 20.6 Å². The van der Waals surface area contributed by atoms with E-state index in [-0.39, 0.29) is 11.3 Å². The fourth-order valence-electron chi connectivity index (χ4n) is 0.963. The molecule has 0 unspecified atom stereocenters. The summed E-state index contributed by atoms with van der Waals surface area (Å²) < 4.78 is 0. The average molecular weight is 211 g/mol. The highest BCUT2D eigenvalue weighted by molar-refractivity contribution is 5.98. The maximum atomic E-state index is 11.3. The molecule has 0 aromatic heterocycles. The van der Waals surface area contributed by atoms with Crippen LogP contribution < -0.4 is 5.32 Å². The molecule has 1 aromatic carbocycles. The lowest BCUT2D eigenvalue weighted by Crippen LogP contribution is -2.29. The number of nitrogens with one attached hydrogen (secondary N) is 1. The fraction of sp³-hybridized carbons (Fsp3) is 0.111. The largest absolute Gasteiger partial charge is 0.508 e. The Hall–Kier alpha value is -2.24. The molecule has 1 aromatic rings. The quantitative estimate of drug-likeness (QED) is 0.559. The van der Waals surface area contributed by atoms with Crippen molar-refractivity contribution in [2.24, 2.45) is 0 Å². The number of hydrogen-bond donors (Lipinski definition) is 4. The van der Waals surface area contributed by atoms with Crippen LogP contribution in [0.3, 0.4) is 0 Å². The van der Waals surface area contributed by atoms with Crippen LogP contribution in [-0.4, -0.2) is 33.7 Å². The maximum Gasteiger partial charge on any atom is 0.322 e. The predicted octanol–water partition coefficient (Wildman–Crippen LogP) is -0.0878. The van der Waals surface area contributed by atoms with E-state index in [1.54, 1.807) is 0 Å². The number of aromatic hydroxyl groups is 2. The summed E-state index contributed by atoms with van der Waals surface area (Å²) in [6.07, 6.45) is 0. The minimum Gasteiger partial charge on any atom is -0.508 e. The van der Waals surface area contributed by atoms with Crippen LogP contribution in [0.5, 0.6) is 11.5 Å². The number of phenols is 2. The predicted molar refractivity (Wildman–Crippen MR) is 49.7 cm³/mol. The van der Waals surface area contributed by atoms with Crippen molar-refractivity contribution >= 4 is 11.9 Å². The normalized spacial score (nSPS) is 9.60. The Morgan fingerprint density at radius 3 is 2.47 bits per heavy atom. The van der Waals surface area contributed by atoms with Gasteiger partial charge in [-0.1, -0.05) is 0 Å². The standard InChI is InChI=1S/C9H9NO5/c11-5-1-2-6(7(12)3-5)9(15)10-4-8(13)14/h1-3,11-12H,4H2,(H,10,15)(H,13,14). The Kier molecular flexibility index (Phi) is 3.12. The zero-order valence-electron chi connectivity index (χ0n) is 7.60. The molecular formula is C9H9NO5. The van der Waals surface area contributed by atoms with Crippen LogP contribution in [0.4, 0.5) is 0 Å². The Morgan fingerprint density at radius 2 is 1.93 bits per heavy atom. The number of carboxylic acid groups (broad SMARTS) is 1. The van der Waals surface area contributed by atoms with Crippen molar-refractivity contribution in [2.75, 3.05) is 6.54 Å². The molecule has 0 aliphatic carbocycles. The van der Waals surface area contributed by atoms with E-state index in [0.29, 0.717) is 0 Å². The van der Waals surface area contributed by atoms with Crippen LogP contribution in [0.15, 0.2) is 18.2 Å². The summed E-state index contributed by atoms with van der Waals surface area (Å²) in [4.78, 5) is 21.4. The summed E-state index contributed by atoms with van der Waals surface area (Å²) in [5, 5.41) is 28.6. The first-order valence-corrected chi connectivity index (χ1v) is 4.02. The topological polar surface area (TPSA) is 107 Å². The van der Waals surface area contributed by atoms with Crippen LogP contribution in [0.25, 0.3) is 0 Å². The molecule has 0 aliphatic rings. The summed E-state index contributed by atoms with van der Waals surface area (Å²) in [5.74, 6) is -2.48. The number of amides is 1. The molecule has 6 heteroatoms. The van der Waals surface area contributed by atoms with Crippen molar-refractivity contribution in [1.82, 2.24) is 5.32 Å². The lowest BCUT2D eigenvalue weighted by molar-refractivity contribution is -0.135. The summed E-state index contributed by atoms with van der Waals surface area (Å²) in [5.41, 5.74) is -0.0888. The third kappa shape index (κ3) is 2.87. The van der Waals surface area contributed by atoms with Crippen LogP contribution in [0.1, 0.15) is 10.4 Å². The van der Waals surface area contributed by atoms with Gasteiger partial charge in [0.1, 0.15) is 18.0 Å². The molecule has 0 radical (unpaired) electrons. The number of carbonyl (C=O) groups is 2. The number of hydrogen-bond acceptors (Lipinski definition) is 4. The van der Waals surface area contributed by atoms with E-state index in [2.05, 4.69) is 5.32 Å². The van der Waals surface area contributed by atoms with Gasteiger partial charge in [0, 0.05) is 6.07 Å². The van der Waals surface area contributed by atoms with Crippen molar-refractivity contribution in [1.29, 1.82) is 0 Å². The van der Waals surface area contributed by atoms with Gasteiger partial charge in [-0.05, 0) is 12.1 Å².